The van der Waals surface area contributed by atoms with E-state index in [1.54, 1.807) is 0 Å². The quantitative estimate of drug-likeness (QED) is 0.422. The van der Waals surface area contributed by atoms with Gasteiger partial charge < -0.3 is 19.4 Å². The molecule has 5 nitrogen and oxygen atoms in total. The average Bonchev–Trinajstić information content (AvgIpc) is 3.26. The molecule has 1 aromatic heterocycles. The summed E-state index contributed by atoms with van der Waals surface area (Å²) >= 11 is 0. The molecule has 1 aliphatic carbocycles. The number of carbonyl (C=O) groups is 1. The second kappa shape index (κ2) is 7.38. The van der Waals surface area contributed by atoms with Crippen LogP contribution < -0.4 is 9.47 Å². The predicted molar refractivity (Wildman–Crippen MR) is 135 cm³/mol. The van der Waals surface area contributed by atoms with Crippen LogP contribution in [0.25, 0.3) is 10.9 Å². The van der Waals surface area contributed by atoms with Crippen molar-refractivity contribution < 1.29 is 14.3 Å². The number of nitrogens with one attached hydrogen (secondary N) is 1. The predicted octanol–water partition coefficient (Wildman–Crippen LogP) is 5.72. The molecule has 5 heteroatoms. The number of rotatable bonds is 3. The minimum atomic E-state index is -0.198. The van der Waals surface area contributed by atoms with E-state index in [4.69, 9.17) is 9.47 Å². The Labute approximate surface area is 204 Å². The number of hydrogen-bond donors (Lipinski definition) is 1. The van der Waals surface area contributed by atoms with Crippen molar-refractivity contribution in [1.29, 1.82) is 0 Å². The molecule has 1 spiro atoms. The van der Waals surface area contributed by atoms with Crippen LogP contribution in [0.2, 0.25) is 0 Å². The Morgan fingerprint density at radius 1 is 1.00 bits per heavy atom. The molecule has 1 amide bonds. The van der Waals surface area contributed by atoms with Crippen molar-refractivity contribution in [3.8, 4) is 11.5 Å². The Morgan fingerprint density at radius 2 is 1.77 bits per heavy atom. The van der Waals surface area contributed by atoms with Crippen LogP contribution in [0, 0.1) is 13.8 Å². The Hall–Kier alpha value is -3.73. The average molecular weight is 465 g/mol. The Morgan fingerprint density at radius 3 is 2.57 bits per heavy atom. The number of benzene rings is 3. The summed E-state index contributed by atoms with van der Waals surface area (Å²) in [7, 11) is 0. The highest BCUT2D eigenvalue weighted by molar-refractivity contribution is 5.89. The number of ether oxygens (including phenoxy) is 2. The maximum Gasteiger partial charge on any atom is 0.231 e. The van der Waals surface area contributed by atoms with E-state index < -0.39 is 0 Å². The second-order valence-corrected chi connectivity index (χ2v) is 10.4. The van der Waals surface area contributed by atoms with Crippen molar-refractivity contribution >= 4 is 16.8 Å². The first-order valence-electron chi connectivity index (χ1n) is 12.4. The number of aromatic nitrogens is 1. The van der Waals surface area contributed by atoms with Gasteiger partial charge in [-0.1, -0.05) is 53.6 Å². The van der Waals surface area contributed by atoms with Crippen LogP contribution in [0.3, 0.4) is 0 Å². The summed E-state index contributed by atoms with van der Waals surface area (Å²) in [5.74, 6) is 1.66. The number of nitrogens with zero attached hydrogens (tertiary/aromatic N) is 1. The number of aryl methyl sites for hydroxylation is 2. The van der Waals surface area contributed by atoms with Crippen LogP contribution in [-0.4, -0.2) is 29.1 Å². The molecular weight excluding hydrogens is 436 g/mol. The molecule has 1 fully saturated rings. The van der Waals surface area contributed by atoms with Gasteiger partial charge in [-0.25, -0.2) is 0 Å². The standard InChI is InChI=1S/C30H28N2O3/c1-18-11-19(2)13-20(12-18)14-26(33)32-16-30(9-10-30)27-22-5-3-4-6-23(22)31-28(27)29(32)21-7-8-24-25(15-21)35-17-34-24/h3-8,11-13,15,29,31H,9-10,14,16-17H2,1-2H3. The highest BCUT2D eigenvalue weighted by Gasteiger charge is 2.54. The van der Waals surface area contributed by atoms with E-state index in [0.717, 1.165) is 53.2 Å². The lowest BCUT2D eigenvalue weighted by molar-refractivity contribution is -0.133. The van der Waals surface area contributed by atoms with Crippen LogP contribution in [0.4, 0.5) is 0 Å². The summed E-state index contributed by atoms with van der Waals surface area (Å²) in [6.07, 6.45) is 2.63. The Bertz CT molecular complexity index is 1480. The third-order valence-electron chi connectivity index (χ3n) is 7.85. The van der Waals surface area contributed by atoms with Crippen molar-refractivity contribution in [1.82, 2.24) is 9.88 Å². The first-order valence-corrected chi connectivity index (χ1v) is 12.4. The van der Waals surface area contributed by atoms with E-state index >= 15 is 0 Å². The van der Waals surface area contributed by atoms with Gasteiger partial charge in [-0.3, -0.25) is 4.79 Å². The van der Waals surface area contributed by atoms with Gasteiger partial charge in [0.25, 0.3) is 0 Å². The minimum absolute atomic E-state index is 0.0416. The lowest BCUT2D eigenvalue weighted by Crippen LogP contribution is -2.46. The van der Waals surface area contributed by atoms with Crippen molar-refractivity contribution in [3.63, 3.8) is 0 Å². The molecule has 1 N–H and O–H groups in total. The van der Waals surface area contributed by atoms with Gasteiger partial charge >= 0.3 is 0 Å². The van der Waals surface area contributed by atoms with Crippen LogP contribution >= 0.6 is 0 Å². The molecule has 0 bridgehead atoms. The van der Waals surface area contributed by atoms with E-state index in [1.165, 1.54) is 22.1 Å². The zero-order valence-electron chi connectivity index (χ0n) is 20.1. The van der Waals surface area contributed by atoms with E-state index in [0.29, 0.717) is 6.42 Å². The molecule has 1 atom stereocenters. The number of carbonyl (C=O) groups excluding carboxylic acids is 1. The lowest BCUT2D eigenvalue weighted by atomic mass is 9.83. The molecule has 7 rings (SSSR count). The number of H-pyrrole nitrogens is 1. The molecule has 3 heterocycles. The number of hydrogen-bond acceptors (Lipinski definition) is 3. The number of para-hydroxylation sites is 1. The molecule has 0 saturated heterocycles. The molecule has 176 valence electrons. The number of fused-ring (bicyclic) bond motifs is 5. The zero-order valence-corrected chi connectivity index (χ0v) is 20.1. The van der Waals surface area contributed by atoms with Crippen LogP contribution in [0.1, 0.15) is 52.4 Å². The van der Waals surface area contributed by atoms with Crippen molar-refractivity contribution in [2.24, 2.45) is 0 Å². The Kier molecular flexibility index (Phi) is 4.35. The van der Waals surface area contributed by atoms with E-state index in [9.17, 15) is 4.79 Å². The second-order valence-electron chi connectivity index (χ2n) is 10.4. The van der Waals surface area contributed by atoms with Crippen molar-refractivity contribution in [2.45, 2.75) is 44.6 Å². The summed E-state index contributed by atoms with van der Waals surface area (Å²) in [5.41, 5.74) is 8.22. The molecule has 0 radical (unpaired) electrons. The zero-order chi connectivity index (χ0) is 23.7. The summed E-state index contributed by atoms with van der Waals surface area (Å²) in [6, 6.07) is 20.8. The van der Waals surface area contributed by atoms with Crippen LogP contribution in [0.5, 0.6) is 11.5 Å². The maximum atomic E-state index is 14.0. The van der Waals surface area contributed by atoms with E-state index in [2.05, 4.69) is 72.3 Å². The van der Waals surface area contributed by atoms with Gasteiger partial charge in [-0.15, -0.1) is 0 Å². The largest absolute Gasteiger partial charge is 0.454 e. The molecule has 1 saturated carbocycles. The molecule has 3 aliphatic rings. The normalized spacial score (nSPS) is 19.3. The van der Waals surface area contributed by atoms with Crippen molar-refractivity contribution in [3.05, 3.63) is 94.2 Å². The van der Waals surface area contributed by atoms with E-state index in [1.807, 2.05) is 12.1 Å². The summed E-state index contributed by atoms with van der Waals surface area (Å²) in [5, 5.41) is 1.28. The smallest absolute Gasteiger partial charge is 0.231 e. The molecule has 35 heavy (non-hydrogen) atoms. The lowest BCUT2D eigenvalue weighted by Gasteiger charge is -2.41. The monoisotopic (exact) mass is 464 g/mol. The summed E-state index contributed by atoms with van der Waals surface area (Å²) in [6.45, 7) is 5.16. The summed E-state index contributed by atoms with van der Waals surface area (Å²) < 4.78 is 11.3. The van der Waals surface area contributed by atoms with Gasteiger partial charge in [-0.05, 0) is 61.6 Å². The van der Waals surface area contributed by atoms with Gasteiger partial charge in [0, 0.05) is 28.6 Å². The summed E-state index contributed by atoms with van der Waals surface area (Å²) in [4.78, 5) is 19.8. The SMILES string of the molecule is Cc1cc(C)cc(CC(=O)N2CC3(CC3)c3c([nH]c4ccccc34)C2c2ccc3c(c2)OCO3)c1. The third kappa shape index (κ3) is 3.25. The molecule has 1 unspecified atom stereocenters. The first kappa shape index (κ1) is 20.6. The van der Waals surface area contributed by atoms with Crippen LogP contribution in [0.15, 0.2) is 60.7 Å². The molecule has 2 aliphatic heterocycles. The fourth-order valence-corrected chi connectivity index (χ4v) is 6.26. The topological polar surface area (TPSA) is 54.6 Å². The highest BCUT2D eigenvalue weighted by atomic mass is 16.7. The maximum absolute atomic E-state index is 14.0. The third-order valence-corrected chi connectivity index (χ3v) is 7.85. The van der Waals surface area contributed by atoms with Crippen molar-refractivity contribution in [2.75, 3.05) is 13.3 Å². The van der Waals surface area contributed by atoms with Gasteiger partial charge in [0.2, 0.25) is 12.7 Å². The minimum Gasteiger partial charge on any atom is -0.454 e. The van der Waals surface area contributed by atoms with Gasteiger partial charge in [0.1, 0.15) is 0 Å². The fourth-order valence-electron chi connectivity index (χ4n) is 6.26. The highest BCUT2D eigenvalue weighted by Crippen LogP contribution is 2.58. The number of amides is 1. The Balaban J connectivity index is 1.37. The fraction of sp³-hybridized carbons (Fsp3) is 0.300. The van der Waals surface area contributed by atoms with Gasteiger partial charge in [0.15, 0.2) is 11.5 Å². The van der Waals surface area contributed by atoms with E-state index in [-0.39, 0.29) is 24.2 Å². The first-order chi connectivity index (χ1) is 17.0. The van der Waals surface area contributed by atoms with Gasteiger partial charge in [-0.2, -0.15) is 0 Å². The molecule has 3 aromatic carbocycles. The van der Waals surface area contributed by atoms with Crippen LogP contribution in [-0.2, 0) is 16.6 Å². The number of aromatic amines is 1. The van der Waals surface area contributed by atoms with Gasteiger partial charge in [0.05, 0.1) is 12.5 Å². The molecule has 4 aromatic rings. The molecular formula is C30H28N2O3.